The molecule has 0 amide bonds. The summed E-state index contributed by atoms with van der Waals surface area (Å²) in [5.41, 5.74) is 0. The van der Waals surface area contributed by atoms with E-state index in [1.165, 1.54) is 0 Å². The first-order valence-electron chi connectivity index (χ1n) is 4.86. The van der Waals surface area contributed by atoms with Crippen LogP contribution >= 0.6 is 0 Å². The van der Waals surface area contributed by atoms with E-state index in [4.69, 9.17) is 4.74 Å². The predicted molar refractivity (Wildman–Crippen MR) is 50.3 cm³/mol. The van der Waals surface area contributed by atoms with Crippen molar-refractivity contribution in [3.05, 3.63) is 0 Å². The van der Waals surface area contributed by atoms with E-state index in [2.05, 4.69) is 0 Å². The lowest BCUT2D eigenvalue weighted by atomic mass is 10.1. The Morgan fingerprint density at radius 1 is 1.31 bits per heavy atom. The van der Waals surface area contributed by atoms with Crippen LogP contribution in [0.15, 0.2) is 0 Å². The largest absolute Gasteiger partial charge is 0.375 e. The fourth-order valence-electron chi connectivity index (χ4n) is 2.46. The van der Waals surface area contributed by atoms with Gasteiger partial charge in [-0.15, -0.1) is 0 Å². The monoisotopic (exact) mass is 204 g/mol. The first kappa shape index (κ1) is 9.46. The highest BCUT2D eigenvalue weighted by molar-refractivity contribution is 7.92. The predicted octanol–water partition coefficient (Wildman–Crippen LogP) is 0.987. The fourth-order valence-corrected chi connectivity index (χ4v) is 4.70. The second kappa shape index (κ2) is 2.95. The van der Waals surface area contributed by atoms with Gasteiger partial charge in [-0.2, -0.15) is 0 Å². The number of hydrogen-bond acceptors (Lipinski definition) is 3. The van der Waals surface area contributed by atoms with Crippen LogP contribution in [0.4, 0.5) is 0 Å². The van der Waals surface area contributed by atoms with Crippen molar-refractivity contribution < 1.29 is 13.2 Å². The molecule has 1 saturated heterocycles. The van der Waals surface area contributed by atoms with Crippen molar-refractivity contribution in [1.82, 2.24) is 0 Å². The van der Waals surface area contributed by atoms with E-state index in [1.807, 2.05) is 13.8 Å². The number of rotatable bonds is 2. The van der Waals surface area contributed by atoms with Crippen LogP contribution in [0.2, 0.25) is 0 Å². The van der Waals surface area contributed by atoms with Crippen LogP contribution in [0.1, 0.15) is 26.7 Å². The zero-order chi connectivity index (χ0) is 9.64. The molecule has 1 saturated carbocycles. The molecular formula is C9H16O3S. The van der Waals surface area contributed by atoms with Gasteiger partial charge in [0.2, 0.25) is 0 Å². The summed E-state index contributed by atoms with van der Waals surface area (Å²) in [4.78, 5) is 0. The Hall–Kier alpha value is -0.0900. The molecule has 2 fully saturated rings. The van der Waals surface area contributed by atoms with E-state index < -0.39 is 9.84 Å². The average Bonchev–Trinajstić information content (AvgIpc) is 2.41. The second-order valence-electron chi connectivity index (χ2n) is 4.41. The minimum atomic E-state index is -2.74. The normalized spacial score (nSPS) is 41.6. The number of ether oxygens (including phenoxy) is 1. The van der Waals surface area contributed by atoms with Crippen LogP contribution in [0.3, 0.4) is 0 Å². The highest BCUT2D eigenvalue weighted by atomic mass is 32.2. The maximum Gasteiger partial charge on any atom is 0.153 e. The van der Waals surface area contributed by atoms with Crippen molar-refractivity contribution in [3.8, 4) is 0 Å². The van der Waals surface area contributed by atoms with Crippen molar-refractivity contribution in [1.29, 1.82) is 0 Å². The zero-order valence-corrected chi connectivity index (χ0v) is 8.88. The van der Waals surface area contributed by atoms with E-state index in [0.29, 0.717) is 5.75 Å². The molecule has 3 nitrogen and oxygen atoms in total. The standard InChI is InChI=1S/C9H16O3S/c1-6(2)12-9-4-8-3-7(9)5-13(8,10)11/h6-9H,3-5H2,1-2H3. The van der Waals surface area contributed by atoms with Crippen LogP contribution < -0.4 is 0 Å². The van der Waals surface area contributed by atoms with Crippen LogP contribution in [0, 0.1) is 5.92 Å². The number of sulfone groups is 1. The molecule has 0 aromatic heterocycles. The molecule has 2 bridgehead atoms. The molecule has 3 unspecified atom stereocenters. The maximum atomic E-state index is 11.4. The first-order chi connectivity index (χ1) is 5.99. The topological polar surface area (TPSA) is 43.4 Å². The Kier molecular flexibility index (Phi) is 2.15. The number of hydrogen-bond donors (Lipinski definition) is 0. The lowest BCUT2D eigenvalue weighted by molar-refractivity contribution is -0.00957. The van der Waals surface area contributed by atoms with E-state index in [-0.39, 0.29) is 23.4 Å². The van der Waals surface area contributed by atoms with Crippen LogP contribution in [-0.4, -0.2) is 31.6 Å². The molecule has 13 heavy (non-hydrogen) atoms. The van der Waals surface area contributed by atoms with E-state index in [1.54, 1.807) is 0 Å². The molecule has 2 aliphatic rings. The molecule has 0 aromatic rings. The minimum absolute atomic E-state index is 0.0961. The van der Waals surface area contributed by atoms with Crippen molar-refractivity contribution in [2.24, 2.45) is 5.92 Å². The third-order valence-electron chi connectivity index (χ3n) is 2.99. The van der Waals surface area contributed by atoms with Gasteiger partial charge in [0.25, 0.3) is 0 Å². The molecule has 1 aliphatic heterocycles. The third-order valence-corrected chi connectivity index (χ3v) is 5.28. The molecular weight excluding hydrogens is 188 g/mol. The van der Waals surface area contributed by atoms with Gasteiger partial charge in [-0.25, -0.2) is 8.42 Å². The molecule has 4 heteroatoms. The Labute approximate surface area is 79.4 Å². The lowest BCUT2D eigenvalue weighted by Crippen LogP contribution is -2.32. The van der Waals surface area contributed by atoms with Gasteiger partial charge in [0, 0.05) is 5.92 Å². The molecule has 1 aliphatic carbocycles. The van der Waals surface area contributed by atoms with Crippen LogP contribution in [0.25, 0.3) is 0 Å². The molecule has 76 valence electrons. The van der Waals surface area contributed by atoms with Gasteiger partial charge in [0.1, 0.15) is 0 Å². The SMILES string of the molecule is CC(C)OC1CC2CC1CS2(=O)=O. The Morgan fingerprint density at radius 2 is 2.00 bits per heavy atom. The number of fused-ring (bicyclic) bond motifs is 2. The van der Waals surface area contributed by atoms with E-state index in [0.717, 1.165) is 12.8 Å². The van der Waals surface area contributed by atoms with Gasteiger partial charge >= 0.3 is 0 Å². The molecule has 0 radical (unpaired) electrons. The first-order valence-corrected chi connectivity index (χ1v) is 6.57. The van der Waals surface area contributed by atoms with Crippen molar-refractivity contribution >= 4 is 9.84 Å². The summed E-state index contributed by atoms with van der Waals surface area (Å²) in [5.74, 6) is 0.632. The fraction of sp³-hybridized carbons (Fsp3) is 1.00. The van der Waals surface area contributed by atoms with Gasteiger partial charge in [-0.3, -0.25) is 0 Å². The summed E-state index contributed by atoms with van der Waals surface area (Å²) >= 11 is 0. The highest BCUT2D eigenvalue weighted by Gasteiger charge is 2.50. The van der Waals surface area contributed by atoms with E-state index in [9.17, 15) is 8.42 Å². The zero-order valence-electron chi connectivity index (χ0n) is 8.06. The molecule has 3 atom stereocenters. The van der Waals surface area contributed by atoms with Crippen molar-refractivity contribution in [3.63, 3.8) is 0 Å². The summed E-state index contributed by atoms with van der Waals surface area (Å²) < 4.78 is 28.5. The summed E-state index contributed by atoms with van der Waals surface area (Å²) in [6.45, 7) is 4.00. The van der Waals surface area contributed by atoms with Crippen LogP contribution in [0.5, 0.6) is 0 Å². The van der Waals surface area contributed by atoms with Crippen molar-refractivity contribution in [2.75, 3.05) is 5.75 Å². The molecule has 1 heterocycles. The Bertz CT molecular complexity index is 294. The summed E-state index contributed by atoms with van der Waals surface area (Å²) in [5, 5.41) is -0.0961. The molecule has 0 spiro atoms. The smallest absolute Gasteiger partial charge is 0.153 e. The second-order valence-corrected chi connectivity index (χ2v) is 6.73. The highest BCUT2D eigenvalue weighted by Crippen LogP contribution is 2.41. The maximum absolute atomic E-state index is 11.4. The minimum Gasteiger partial charge on any atom is -0.375 e. The van der Waals surface area contributed by atoms with Gasteiger partial charge in [-0.1, -0.05) is 0 Å². The van der Waals surface area contributed by atoms with Crippen molar-refractivity contribution in [2.45, 2.75) is 44.1 Å². The van der Waals surface area contributed by atoms with Gasteiger partial charge in [0.15, 0.2) is 9.84 Å². The third kappa shape index (κ3) is 1.62. The summed E-state index contributed by atoms with van der Waals surface area (Å²) in [6, 6.07) is 0. The van der Waals surface area contributed by atoms with Gasteiger partial charge < -0.3 is 4.74 Å². The molecule has 0 N–H and O–H groups in total. The molecule has 2 rings (SSSR count). The van der Waals surface area contributed by atoms with E-state index >= 15 is 0 Å². The van der Waals surface area contributed by atoms with Gasteiger partial charge in [0.05, 0.1) is 23.2 Å². The Balaban J connectivity index is 2.03. The Morgan fingerprint density at radius 3 is 2.38 bits per heavy atom. The quantitative estimate of drug-likeness (QED) is 0.673. The lowest BCUT2D eigenvalue weighted by Gasteiger charge is -2.24. The molecule has 0 aromatic carbocycles. The average molecular weight is 204 g/mol. The van der Waals surface area contributed by atoms with Crippen LogP contribution in [-0.2, 0) is 14.6 Å². The van der Waals surface area contributed by atoms with Gasteiger partial charge in [-0.05, 0) is 26.7 Å². The summed E-state index contributed by atoms with van der Waals surface area (Å²) in [7, 11) is -2.74. The summed E-state index contributed by atoms with van der Waals surface area (Å²) in [6.07, 6.45) is 1.98.